The second kappa shape index (κ2) is 7.69. The van der Waals surface area contributed by atoms with E-state index in [1.54, 1.807) is 21.7 Å². The lowest BCUT2D eigenvalue weighted by molar-refractivity contribution is -0.689. The van der Waals surface area contributed by atoms with Gasteiger partial charge < -0.3 is 20.1 Å². The molecule has 2 unspecified atom stereocenters. The summed E-state index contributed by atoms with van der Waals surface area (Å²) < 4.78 is 8.73. The molecule has 2 aliphatic carbocycles. The van der Waals surface area contributed by atoms with Crippen LogP contribution < -0.4 is 15.4 Å². The molecule has 0 aromatic carbocycles. The summed E-state index contributed by atoms with van der Waals surface area (Å²) in [5.74, 6) is -0.994. The number of H-pyrrole nitrogens is 1. The molecule has 4 aliphatic rings. The Morgan fingerprint density at radius 1 is 1.26 bits per heavy atom. The van der Waals surface area contributed by atoms with Gasteiger partial charge in [0.05, 0.1) is 30.5 Å². The molecule has 2 bridgehead atoms. The fraction of sp³-hybridized carbons (Fsp3) is 0.583. The van der Waals surface area contributed by atoms with Crippen LogP contribution >= 0.6 is 0 Å². The molecule has 0 radical (unpaired) electrons. The second-order valence-corrected chi connectivity index (χ2v) is 10.6. The number of aromatic amines is 1. The third kappa shape index (κ3) is 3.79. The number of nitrogens with one attached hydrogen (secondary N) is 2. The van der Waals surface area contributed by atoms with Crippen LogP contribution in [0.5, 0.6) is 5.88 Å². The highest BCUT2D eigenvalue weighted by Crippen LogP contribution is 2.45. The van der Waals surface area contributed by atoms with Gasteiger partial charge in [-0.3, -0.25) is 9.59 Å². The molecule has 2 saturated carbocycles. The maximum absolute atomic E-state index is 13.2. The van der Waals surface area contributed by atoms with E-state index in [1.165, 1.54) is 10.6 Å². The lowest BCUT2D eigenvalue weighted by Gasteiger charge is -2.31. The average molecular weight is 469 g/mol. The number of morpholine rings is 1. The number of amides is 2. The molecule has 180 valence electrons. The SMILES string of the molecule is CC1(C[n+]2c(O)c(C(=O)NC3CC3)c(=O)n3[nH]cc(/C=C/C(=O)N4CC5CCC(C4)O5)c32)CC1. The van der Waals surface area contributed by atoms with Gasteiger partial charge in [-0.1, -0.05) is 11.4 Å². The molecular formula is C24H30N5O5+. The van der Waals surface area contributed by atoms with Crippen molar-refractivity contribution < 1.29 is 24.0 Å². The fourth-order valence-corrected chi connectivity index (χ4v) is 5.03. The van der Waals surface area contributed by atoms with Gasteiger partial charge in [0.2, 0.25) is 11.5 Å². The van der Waals surface area contributed by atoms with Crippen LogP contribution in [0.1, 0.15) is 61.4 Å². The van der Waals surface area contributed by atoms with Crippen molar-refractivity contribution in [2.45, 2.75) is 70.2 Å². The molecule has 10 nitrogen and oxygen atoms in total. The average Bonchev–Trinajstić information content (AvgIpc) is 3.69. The molecule has 4 fully saturated rings. The van der Waals surface area contributed by atoms with Gasteiger partial charge in [-0.05, 0) is 44.6 Å². The Morgan fingerprint density at radius 3 is 2.62 bits per heavy atom. The maximum atomic E-state index is 13.2. The Balaban J connectivity index is 1.37. The largest absolute Gasteiger partial charge is 0.477 e. The van der Waals surface area contributed by atoms with Crippen molar-refractivity contribution in [2.75, 3.05) is 13.1 Å². The summed E-state index contributed by atoms with van der Waals surface area (Å²) >= 11 is 0. The fourth-order valence-electron chi connectivity index (χ4n) is 5.03. The molecule has 0 spiro atoms. The van der Waals surface area contributed by atoms with E-state index < -0.39 is 11.5 Å². The van der Waals surface area contributed by atoms with Gasteiger partial charge in [0.1, 0.15) is 0 Å². The first-order valence-corrected chi connectivity index (χ1v) is 12.1. The first-order chi connectivity index (χ1) is 16.3. The molecule has 34 heavy (non-hydrogen) atoms. The van der Waals surface area contributed by atoms with Crippen molar-refractivity contribution in [1.29, 1.82) is 0 Å². The highest BCUT2D eigenvalue weighted by atomic mass is 16.5. The van der Waals surface area contributed by atoms with E-state index in [1.807, 2.05) is 0 Å². The van der Waals surface area contributed by atoms with E-state index >= 15 is 0 Å². The number of likely N-dealkylation sites (tertiary alicyclic amines) is 1. The van der Waals surface area contributed by atoms with Crippen molar-refractivity contribution in [1.82, 2.24) is 19.8 Å². The number of ether oxygens (including phenoxy) is 1. The summed E-state index contributed by atoms with van der Waals surface area (Å²) in [5.41, 5.74) is 0.148. The molecule has 3 N–H and O–H groups in total. The molecule has 2 atom stereocenters. The number of nitrogens with zero attached hydrogens (tertiary/aromatic N) is 3. The maximum Gasteiger partial charge on any atom is 0.378 e. The number of carbonyl (C=O) groups is 2. The van der Waals surface area contributed by atoms with E-state index in [9.17, 15) is 19.5 Å². The highest BCUT2D eigenvalue weighted by molar-refractivity contribution is 5.96. The first kappa shape index (κ1) is 21.4. The predicted octanol–water partition coefficient (Wildman–Crippen LogP) is 0.716. The van der Waals surface area contributed by atoms with Crippen molar-refractivity contribution in [3.63, 3.8) is 0 Å². The van der Waals surface area contributed by atoms with E-state index in [0.29, 0.717) is 30.8 Å². The summed E-state index contributed by atoms with van der Waals surface area (Å²) in [6.45, 7) is 3.76. The number of hydrogen-bond acceptors (Lipinski definition) is 5. The number of aromatic nitrogens is 3. The summed E-state index contributed by atoms with van der Waals surface area (Å²) in [6.07, 6.45) is 10.8. The standard InChI is InChI=1S/C24H29N5O5/c1-24(8-9-24)13-28-21-14(2-7-18(30)27-11-16-5-6-17(12-27)34-16)10-25-29(21)23(33)19(22(28)32)20(31)26-15-3-4-15/h2,7,10,15-17H,3-6,8-9,11-13H2,1H3,(H2,26,31,32,33)/p+1/b7-2+. The molecule has 6 rings (SSSR count). The van der Waals surface area contributed by atoms with E-state index in [-0.39, 0.29) is 41.0 Å². The van der Waals surface area contributed by atoms with Crippen LogP contribution in [0, 0.1) is 5.41 Å². The number of carbonyl (C=O) groups excluding carboxylic acids is 2. The van der Waals surface area contributed by atoms with Crippen molar-refractivity contribution >= 4 is 23.5 Å². The lowest BCUT2D eigenvalue weighted by Crippen LogP contribution is -2.46. The van der Waals surface area contributed by atoms with Gasteiger partial charge in [0.25, 0.3) is 5.91 Å². The smallest absolute Gasteiger partial charge is 0.378 e. The Kier molecular flexibility index (Phi) is 4.84. The van der Waals surface area contributed by atoms with E-state index in [2.05, 4.69) is 17.3 Å². The third-order valence-corrected chi connectivity index (χ3v) is 7.51. The van der Waals surface area contributed by atoms with Crippen LogP contribution in [-0.4, -0.2) is 62.8 Å². The van der Waals surface area contributed by atoms with Crippen LogP contribution in [0.3, 0.4) is 0 Å². The zero-order valence-corrected chi connectivity index (χ0v) is 19.2. The molecule has 10 heteroatoms. The summed E-state index contributed by atoms with van der Waals surface area (Å²) in [6, 6.07) is 0.0602. The van der Waals surface area contributed by atoms with Crippen LogP contribution in [0.4, 0.5) is 0 Å². The van der Waals surface area contributed by atoms with Crippen LogP contribution in [-0.2, 0) is 16.1 Å². The van der Waals surface area contributed by atoms with Crippen molar-refractivity contribution in [2.24, 2.45) is 5.41 Å². The zero-order valence-electron chi connectivity index (χ0n) is 19.2. The molecule has 2 aliphatic heterocycles. The number of aromatic hydroxyl groups is 1. The lowest BCUT2D eigenvalue weighted by atomic mass is 10.1. The van der Waals surface area contributed by atoms with E-state index in [4.69, 9.17) is 4.74 Å². The van der Waals surface area contributed by atoms with Crippen molar-refractivity contribution in [3.8, 4) is 5.88 Å². The topological polar surface area (TPSA) is 120 Å². The number of rotatable bonds is 6. The molecule has 2 saturated heterocycles. The van der Waals surface area contributed by atoms with Gasteiger partial charge in [-0.2, -0.15) is 4.57 Å². The molecule has 4 heterocycles. The highest BCUT2D eigenvalue weighted by Gasteiger charge is 2.43. The summed E-state index contributed by atoms with van der Waals surface area (Å²) in [7, 11) is 0. The molecular weight excluding hydrogens is 438 g/mol. The normalized spacial score (nSPS) is 25.3. The van der Waals surface area contributed by atoms with Crippen LogP contribution in [0.2, 0.25) is 0 Å². The quantitative estimate of drug-likeness (QED) is 0.426. The van der Waals surface area contributed by atoms with Gasteiger partial charge >= 0.3 is 17.1 Å². The minimum atomic E-state index is -0.612. The summed E-state index contributed by atoms with van der Waals surface area (Å²) in [5, 5.41) is 16.8. The van der Waals surface area contributed by atoms with Crippen molar-refractivity contribution in [3.05, 3.63) is 33.8 Å². The second-order valence-electron chi connectivity index (χ2n) is 10.6. The first-order valence-electron chi connectivity index (χ1n) is 12.1. The Bertz CT molecular complexity index is 1260. The Hall–Kier alpha value is -3.14. The van der Waals surface area contributed by atoms with Crippen LogP contribution in [0.25, 0.3) is 11.7 Å². The molecule has 2 amide bonds. The number of hydrogen-bond donors (Lipinski definition) is 3. The predicted molar refractivity (Wildman–Crippen MR) is 121 cm³/mol. The number of fused-ring (bicyclic) bond motifs is 3. The van der Waals surface area contributed by atoms with Gasteiger partial charge in [0.15, 0.2) is 0 Å². The van der Waals surface area contributed by atoms with Gasteiger partial charge in [-0.15, -0.1) is 0 Å². The van der Waals surface area contributed by atoms with Gasteiger partial charge in [-0.25, -0.2) is 9.89 Å². The minimum Gasteiger partial charge on any atom is -0.477 e. The summed E-state index contributed by atoms with van der Waals surface area (Å²) in [4.78, 5) is 40.6. The monoisotopic (exact) mass is 468 g/mol. The Labute approximate surface area is 196 Å². The minimum absolute atomic E-state index is 0.00850. The van der Waals surface area contributed by atoms with Crippen LogP contribution in [0.15, 0.2) is 17.1 Å². The Morgan fingerprint density at radius 2 is 1.97 bits per heavy atom. The molecule has 2 aromatic rings. The molecule has 2 aromatic heterocycles. The van der Waals surface area contributed by atoms with E-state index in [0.717, 1.165) is 38.5 Å². The zero-order chi connectivity index (χ0) is 23.6. The van der Waals surface area contributed by atoms with Gasteiger partial charge in [0, 0.05) is 30.6 Å². The third-order valence-electron chi connectivity index (χ3n) is 7.51.